The number of carbonyl (C=O) groups excluding carboxylic acids is 1. The van der Waals surface area contributed by atoms with E-state index in [1.54, 1.807) is 0 Å². The van der Waals surface area contributed by atoms with Crippen LogP contribution in [0.1, 0.15) is 47.3 Å². The van der Waals surface area contributed by atoms with Crippen molar-refractivity contribution in [2.24, 2.45) is 0 Å². The highest BCUT2D eigenvalue weighted by atomic mass is 32.1. The van der Waals surface area contributed by atoms with Crippen LogP contribution in [0.25, 0.3) is 0 Å². The number of hydrogen-bond donors (Lipinski definition) is 0. The zero-order valence-electron chi connectivity index (χ0n) is 7.91. The Morgan fingerprint density at radius 3 is 2.86 bits per heavy atom. The number of hydrogen-bond acceptors (Lipinski definition) is 3. The molecule has 2 nitrogen and oxygen atoms in total. The van der Waals surface area contributed by atoms with Gasteiger partial charge in [0.05, 0.1) is 0 Å². The van der Waals surface area contributed by atoms with E-state index < -0.39 is 0 Å². The van der Waals surface area contributed by atoms with Gasteiger partial charge in [-0.3, -0.25) is 0 Å². The van der Waals surface area contributed by atoms with E-state index in [0.29, 0.717) is 0 Å². The summed E-state index contributed by atoms with van der Waals surface area (Å²) in [6.07, 6.45) is 5.68. The average molecular weight is 208 g/mol. The molecule has 0 unspecified atom stereocenters. The fourth-order valence-electron chi connectivity index (χ4n) is 2.60. The molecule has 74 valence electrons. The van der Waals surface area contributed by atoms with Gasteiger partial charge in [0.25, 0.3) is 0 Å². The fraction of sp³-hybridized carbons (Fsp3) is 0.545. The Labute approximate surface area is 86.9 Å². The van der Waals surface area contributed by atoms with Crippen LogP contribution >= 0.6 is 11.3 Å². The monoisotopic (exact) mass is 208 g/mol. The lowest BCUT2D eigenvalue weighted by atomic mass is 9.81. The van der Waals surface area contributed by atoms with Crippen molar-refractivity contribution in [3.63, 3.8) is 0 Å². The molecule has 1 spiro atoms. The molecule has 3 heteroatoms. The Hall–Kier alpha value is -0.830. The summed E-state index contributed by atoms with van der Waals surface area (Å²) in [6.45, 7) is 0. The second kappa shape index (κ2) is 2.83. The summed E-state index contributed by atoms with van der Waals surface area (Å²) >= 11 is 1.51. The fourth-order valence-corrected chi connectivity index (χ4v) is 3.46. The summed E-state index contributed by atoms with van der Waals surface area (Å²) < 4.78 is 5.57. The molecule has 14 heavy (non-hydrogen) atoms. The molecule has 1 fully saturated rings. The summed E-state index contributed by atoms with van der Waals surface area (Å²) in [6, 6.07) is 2.07. The molecule has 2 heterocycles. The molecule has 2 aliphatic rings. The van der Waals surface area contributed by atoms with Crippen molar-refractivity contribution in [2.45, 2.75) is 37.7 Å². The van der Waals surface area contributed by atoms with Crippen LogP contribution in [0.15, 0.2) is 11.4 Å². The molecule has 1 aromatic rings. The number of carbonyl (C=O) groups is 1. The van der Waals surface area contributed by atoms with Crippen LogP contribution in [0, 0.1) is 0 Å². The van der Waals surface area contributed by atoms with Crippen molar-refractivity contribution in [3.05, 3.63) is 21.9 Å². The lowest BCUT2D eigenvalue weighted by Crippen LogP contribution is -2.28. The summed E-state index contributed by atoms with van der Waals surface area (Å²) in [5.74, 6) is -0.100. The van der Waals surface area contributed by atoms with Crippen LogP contribution in [0.2, 0.25) is 0 Å². The molecule has 0 radical (unpaired) electrons. The number of esters is 1. The third kappa shape index (κ3) is 0.989. The average Bonchev–Trinajstić information content (AvgIpc) is 2.74. The van der Waals surface area contributed by atoms with Gasteiger partial charge in [-0.05, 0) is 37.1 Å². The molecule has 1 aliphatic carbocycles. The summed E-state index contributed by atoms with van der Waals surface area (Å²) in [5, 5.41) is 2.00. The molecule has 1 saturated carbocycles. The van der Waals surface area contributed by atoms with E-state index in [1.807, 2.05) is 5.38 Å². The Balaban J connectivity index is 2.07. The van der Waals surface area contributed by atoms with Gasteiger partial charge in [-0.2, -0.15) is 0 Å². The van der Waals surface area contributed by atoms with Crippen molar-refractivity contribution in [2.75, 3.05) is 0 Å². The van der Waals surface area contributed by atoms with Crippen LogP contribution in [0.3, 0.4) is 0 Å². The summed E-state index contributed by atoms with van der Waals surface area (Å²) in [5.41, 5.74) is 0.928. The lowest BCUT2D eigenvalue weighted by Gasteiger charge is -2.32. The van der Waals surface area contributed by atoms with Crippen LogP contribution in [0.5, 0.6) is 0 Å². The Morgan fingerprint density at radius 2 is 2.07 bits per heavy atom. The SMILES string of the molecule is O=C1OC2(CCCCC2)c2ccsc21. The van der Waals surface area contributed by atoms with Crippen LogP contribution in [-0.4, -0.2) is 5.97 Å². The standard InChI is InChI=1S/C11H12O2S/c12-10-9-8(4-7-14-9)11(13-10)5-2-1-3-6-11/h4,7H,1-3,5-6H2. The second-order valence-corrected chi connectivity index (χ2v) is 5.02. The van der Waals surface area contributed by atoms with Crippen molar-refractivity contribution in [1.82, 2.24) is 0 Å². The highest BCUT2D eigenvalue weighted by Gasteiger charge is 2.46. The van der Waals surface area contributed by atoms with Crippen molar-refractivity contribution < 1.29 is 9.53 Å². The van der Waals surface area contributed by atoms with Crippen molar-refractivity contribution in [1.29, 1.82) is 0 Å². The first-order chi connectivity index (χ1) is 6.82. The van der Waals surface area contributed by atoms with E-state index in [2.05, 4.69) is 6.07 Å². The van der Waals surface area contributed by atoms with Gasteiger partial charge in [0.1, 0.15) is 10.5 Å². The zero-order chi connectivity index (χ0) is 9.60. The topological polar surface area (TPSA) is 26.3 Å². The first-order valence-electron chi connectivity index (χ1n) is 5.13. The second-order valence-electron chi connectivity index (χ2n) is 4.11. The molecule has 0 amide bonds. The highest BCUT2D eigenvalue weighted by molar-refractivity contribution is 7.12. The van der Waals surface area contributed by atoms with Gasteiger partial charge in [0.15, 0.2) is 0 Å². The predicted octanol–water partition coefficient (Wildman–Crippen LogP) is 3.08. The molecular formula is C11H12O2S. The molecule has 3 rings (SSSR count). The van der Waals surface area contributed by atoms with Crippen molar-refractivity contribution >= 4 is 17.3 Å². The van der Waals surface area contributed by atoms with Gasteiger partial charge >= 0.3 is 5.97 Å². The van der Waals surface area contributed by atoms with Gasteiger partial charge in [-0.1, -0.05) is 6.42 Å². The largest absolute Gasteiger partial charge is 0.450 e. The molecule has 1 aliphatic heterocycles. The molecule has 1 aromatic heterocycles. The van der Waals surface area contributed by atoms with E-state index in [0.717, 1.165) is 23.3 Å². The maximum absolute atomic E-state index is 11.6. The number of rotatable bonds is 0. The van der Waals surface area contributed by atoms with E-state index >= 15 is 0 Å². The van der Waals surface area contributed by atoms with E-state index in [9.17, 15) is 4.79 Å². The minimum absolute atomic E-state index is 0.100. The Kier molecular flexibility index (Phi) is 1.71. The molecule has 0 aromatic carbocycles. The Morgan fingerprint density at radius 1 is 1.29 bits per heavy atom. The van der Waals surface area contributed by atoms with Gasteiger partial charge in [-0.25, -0.2) is 4.79 Å². The molecule has 0 atom stereocenters. The lowest BCUT2D eigenvalue weighted by molar-refractivity contribution is -0.0280. The predicted molar refractivity (Wildman–Crippen MR) is 54.5 cm³/mol. The zero-order valence-corrected chi connectivity index (χ0v) is 8.73. The summed E-state index contributed by atoms with van der Waals surface area (Å²) in [4.78, 5) is 12.4. The van der Waals surface area contributed by atoms with Crippen LogP contribution < -0.4 is 0 Å². The van der Waals surface area contributed by atoms with Crippen LogP contribution in [-0.2, 0) is 10.3 Å². The van der Waals surface area contributed by atoms with E-state index in [-0.39, 0.29) is 11.6 Å². The molecule has 0 saturated heterocycles. The first-order valence-corrected chi connectivity index (χ1v) is 6.01. The Bertz CT molecular complexity index is 374. The molecule has 0 bridgehead atoms. The van der Waals surface area contributed by atoms with Gasteiger partial charge in [0, 0.05) is 5.56 Å². The normalized spacial score (nSPS) is 23.6. The number of fused-ring (bicyclic) bond motifs is 2. The number of ether oxygens (including phenoxy) is 1. The van der Waals surface area contributed by atoms with Gasteiger partial charge in [0.2, 0.25) is 0 Å². The van der Waals surface area contributed by atoms with Gasteiger partial charge < -0.3 is 4.74 Å². The smallest absolute Gasteiger partial charge is 0.349 e. The van der Waals surface area contributed by atoms with Crippen LogP contribution in [0.4, 0.5) is 0 Å². The minimum Gasteiger partial charge on any atom is -0.450 e. The maximum atomic E-state index is 11.6. The minimum atomic E-state index is -0.231. The summed E-state index contributed by atoms with van der Waals surface area (Å²) in [7, 11) is 0. The maximum Gasteiger partial charge on any atom is 0.349 e. The van der Waals surface area contributed by atoms with E-state index in [1.165, 1.54) is 30.6 Å². The van der Waals surface area contributed by atoms with Gasteiger partial charge in [-0.15, -0.1) is 11.3 Å². The number of thiophene rings is 1. The highest BCUT2D eigenvalue weighted by Crippen LogP contribution is 2.48. The van der Waals surface area contributed by atoms with E-state index in [4.69, 9.17) is 4.74 Å². The first kappa shape index (κ1) is 8.48. The third-order valence-corrected chi connectivity index (χ3v) is 4.19. The molecule has 0 N–H and O–H groups in total. The van der Waals surface area contributed by atoms with Crippen molar-refractivity contribution in [3.8, 4) is 0 Å². The molecular weight excluding hydrogens is 196 g/mol. The quantitative estimate of drug-likeness (QED) is 0.612. The third-order valence-electron chi connectivity index (χ3n) is 3.29.